The molecule has 6 heteroatoms. The Morgan fingerprint density at radius 3 is 2.74 bits per heavy atom. The first-order chi connectivity index (χ1) is 13.0. The zero-order valence-corrected chi connectivity index (χ0v) is 16.2. The van der Waals surface area contributed by atoms with Crippen LogP contribution in [0.1, 0.15) is 42.7 Å². The van der Waals surface area contributed by atoms with Crippen LogP contribution in [0.15, 0.2) is 58.0 Å². The molecule has 1 aliphatic rings. The molecule has 1 N–H and O–H groups in total. The molecule has 5 nitrogen and oxygen atoms in total. The topological polar surface area (TPSA) is 72.2 Å². The van der Waals surface area contributed by atoms with Crippen LogP contribution in [0.4, 0.5) is 5.69 Å². The number of sulfonamides is 1. The van der Waals surface area contributed by atoms with Crippen molar-refractivity contribution < 1.29 is 12.8 Å². The van der Waals surface area contributed by atoms with Gasteiger partial charge in [0.25, 0.3) is 10.0 Å². The molecule has 1 saturated carbocycles. The van der Waals surface area contributed by atoms with E-state index in [9.17, 15) is 8.42 Å². The van der Waals surface area contributed by atoms with Gasteiger partial charge in [-0.3, -0.25) is 4.72 Å². The fraction of sp³-hybridized carbons (Fsp3) is 0.286. The van der Waals surface area contributed by atoms with Crippen molar-refractivity contribution in [2.24, 2.45) is 0 Å². The third-order valence-electron chi connectivity index (χ3n) is 4.80. The molecule has 140 valence electrons. The molecule has 1 aromatic heterocycles. The van der Waals surface area contributed by atoms with Gasteiger partial charge in [-0.05, 0) is 55.5 Å². The lowest BCUT2D eigenvalue weighted by molar-refractivity contribution is 0.509. The second-order valence-corrected chi connectivity index (χ2v) is 8.63. The van der Waals surface area contributed by atoms with Crippen molar-refractivity contribution in [3.05, 3.63) is 65.7 Å². The molecule has 0 bridgehead atoms. The van der Waals surface area contributed by atoms with E-state index in [1.54, 1.807) is 31.3 Å². The van der Waals surface area contributed by atoms with Crippen LogP contribution in [0.3, 0.4) is 0 Å². The molecule has 4 rings (SSSR count). The van der Waals surface area contributed by atoms with Crippen LogP contribution in [0, 0.1) is 6.92 Å². The van der Waals surface area contributed by atoms with Crippen LogP contribution in [-0.4, -0.2) is 13.4 Å². The summed E-state index contributed by atoms with van der Waals surface area (Å²) in [5.41, 5.74) is 3.03. The molecule has 0 unspecified atom stereocenters. The molecular formula is C21H22N2O3S. The molecule has 0 radical (unpaired) electrons. The molecule has 1 fully saturated rings. The van der Waals surface area contributed by atoms with Crippen molar-refractivity contribution in [1.82, 2.24) is 4.98 Å². The average Bonchev–Trinajstić information content (AvgIpc) is 3.39. The maximum atomic E-state index is 13.0. The molecular weight excluding hydrogens is 360 g/mol. The zero-order valence-electron chi connectivity index (χ0n) is 15.4. The second kappa shape index (κ2) is 6.85. The normalized spacial score (nSPS) is 14.3. The SMILES string of the molecule is CCc1cccc(NS(=O)(=O)c2cc(-c3cnc(C4CC4)o3)ccc2C)c1. The molecule has 0 spiro atoms. The minimum absolute atomic E-state index is 0.242. The van der Waals surface area contributed by atoms with Crippen molar-refractivity contribution in [3.8, 4) is 11.3 Å². The van der Waals surface area contributed by atoms with E-state index in [4.69, 9.17) is 4.42 Å². The van der Waals surface area contributed by atoms with Crippen molar-refractivity contribution in [2.45, 2.75) is 43.9 Å². The van der Waals surface area contributed by atoms with E-state index in [-0.39, 0.29) is 4.90 Å². The van der Waals surface area contributed by atoms with Gasteiger partial charge >= 0.3 is 0 Å². The predicted octanol–water partition coefficient (Wildman–Crippen LogP) is 4.89. The monoisotopic (exact) mass is 382 g/mol. The van der Waals surface area contributed by atoms with Gasteiger partial charge in [-0.15, -0.1) is 0 Å². The summed E-state index contributed by atoms with van der Waals surface area (Å²) in [7, 11) is -3.71. The van der Waals surface area contributed by atoms with Crippen molar-refractivity contribution >= 4 is 15.7 Å². The maximum Gasteiger partial charge on any atom is 0.262 e. The molecule has 3 aromatic rings. The zero-order chi connectivity index (χ0) is 19.0. The molecule has 0 aliphatic heterocycles. The lowest BCUT2D eigenvalue weighted by atomic mass is 10.1. The number of benzene rings is 2. The van der Waals surface area contributed by atoms with E-state index in [0.717, 1.165) is 30.7 Å². The quantitative estimate of drug-likeness (QED) is 0.659. The second-order valence-electron chi connectivity index (χ2n) is 6.98. The Balaban J connectivity index is 1.66. The lowest BCUT2D eigenvalue weighted by Crippen LogP contribution is -2.14. The first-order valence-electron chi connectivity index (χ1n) is 9.15. The number of anilines is 1. The van der Waals surface area contributed by atoms with Crippen LogP contribution in [0.5, 0.6) is 0 Å². The number of aromatic nitrogens is 1. The molecule has 27 heavy (non-hydrogen) atoms. The van der Waals surface area contributed by atoms with Crippen molar-refractivity contribution in [2.75, 3.05) is 4.72 Å². The third kappa shape index (κ3) is 3.76. The van der Waals surface area contributed by atoms with Gasteiger partial charge in [0.2, 0.25) is 0 Å². The molecule has 0 atom stereocenters. The Bertz CT molecular complexity index is 1080. The van der Waals surface area contributed by atoms with Crippen LogP contribution < -0.4 is 4.72 Å². The summed E-state index contributed by atoms with van der Waals surface area (Å²) in [6, 6.07) is 12.8. The van der Waals surface area contributed by atoms with Gasteiger partial charge in [0, 0.05) is 17.2 Å². The van der Waals surface area contributed by atoms with Gasteiger partial charge in [0.1, 0.15) is 0 Å². The molecule has 1 heterocycles. The lowest BCUT2D eigenvalue weighted by Gasteiger charge is -2.12. The average molecular weight is 382 g/mol. The summed E-state index contributed by atoms with van der Waals surface area (Å²) in [5, 5.41) is 0. The van der Waals surface area contributed by atoms with Crippen LogP contribution in [0.2, 0.25) is 0 Å². The van der Waals surface area contributed by atoms with Crippen LogP contribution in [0.25, 0.3) is 11.3 Å². The number of hydrogen-bond acceptors (Lipinski definition) is 4. The number of oxazole rings is 1. The highest BCUT2D eigenvalue weighted by Gasteiger charge is 2.29. The Hall–Kier alpha value is -2.60. The minimum atomic E-state index is -3.71. The van der Waals surface area contributed by atoms with E-state index in [0.29, 0.717) is 28.5 Å². The molecule has 0 amide bonds. The number of hydrogen-bond donors (Lipinski definition) is 1. The van der Waals surface area contributed by atoms with E-state index in [1.807, 2.05) is 31.2 Å². The van der Waals surface area contributed by atoms with Crippen molar-refractivity contribution in [1.29, 1.82) is 0 Å². The number of rotatable bonds is 6. The molecule has 0 saturated heterocycles. The van der Waals surface area contributed by atoms with Gasteiger partial charge < -0.3 is 4.42 Å². The van der Waals surface area contributed by atoms with E-state index in [2.05, 4.69) is 9.71 Å². The number of nitrogens with one attached hydrogen (secondary N) is 1. The van der Waals surface area contributed by atoms with Gasteiger partial charge in [0.05, 0.1) is 11.1 Å². The Kier molecular flexibility index (Phi) is 4.52. The smallest absolute Gasteiger partial charge is 0.262 e. The van der Waals surface area contributed by atoms with Gasteiger partial charge in [-0.25, -0.2) is 13.4 Å². The summed E-state index contributed by atoms with van der Waals surface area (Å²) in [6.07, 6.45) is 4.73. The van der Waals surface area contributed by atoms with Gasteiger partial charge in [-0.1, -0.05) is 31.2 Å². The number of nitrogens with zero attached hydrogens (tertiary/aromatic N) is 1. The van der Waals surface area contributed by atoms with E-state index in [1.165, 1.54) is 0 Å². The maximum absolute atomic E-state index is 13.0. The van der Waals surface area contributed by atoms with E-state index >= 15 is 0 Å². The fourth-order valence-electron chi connectivity index (χ4n) is 3.05. The summed E-state index contributed by atoms with van der Waals surface area (Å²) < 4.78 is 34.5. The summed E-state index contributed by atoms with van der Waals surface area (Å²) in [5.74, 6) is 1.76. The highest BCUT2D eigenvalue weighted by molar-refractivity contribution is 7.92. The first kappa shape index (κ1) is 17.8. The molecule has 1 aliphatic carbocycles. The summed E-state index contributed by atoms with van der Waals surface area (Å²) in [6.45, 7) is 3.82. The Labute approximate surface area is 159 Å². The minimum Gasteiger partial charge on any atom is -0.440 e. The Morgan fingerprint density at radius 2 is 2.00 bits per heavy atom. The largest absolute Gasteiger partial charge is 0.440 e. The predicted molar refractivity (Wildman–Crippen MR) is 105 cm³/mol. The highest BCUT2D eigenvalue weighted by Crippen LogP contribution is 2.40. The standard InChI is InChI=1S/C21H22N2O3S/c1-3-15-5-4-6-18(11-15)23-27(24,25)20-12-17(8-7-14(20)2)19-13-22-21(26-19)16-9-10-16/h4-8,11-13,16,23H,3,9-10H2,1-2H3. The van der Waals surface area contributed by atoms with Crippen LogP contribution >= 0.6 is 0 Å². The van der Waals surface area contributed by atoms with Crippen molar-refractivity contribution in [3.63, 3.8) is 0 Å². The van der Waals surface area contributed by atoms with Gasteiger partial charge in [0.15, 0.2) is 11.7 Å². The number of aryl methyl sites for hydroxylation is 2. The summed E-state index contributed by atoms with van der Waals surface area (Å²) in [4.78, 5) is 4.57. The summed E-state index contributed by atoms with van der Waals surface area (Å²) >= 11 is 0. The molecule has 2 aromatic carbocycles. The van der Waals surface area contributed by atoms with E-state index < -0.39 is 10.0 Å². The third-order valence-corrected chi connectivity index (χ3v) is 6.32. The van der Waals surface area contributed by atoms with Crippen LogP contribution in [-0.2, 0) is 16.4 Å². The van der Waals surface area contributed by atoms with Gasteiger partial charge in [-0.2, -0.15) is 0 Å². The first-order valence-corrected chi connectivity index (χ1v) is 10.6. The highest BCUT2D eigenvalue weighted by atomic mass is 32.2. The fourth-order valence-corrected chi connectivity index (χ4v) is 4.37. The Morgan fingerprint density at radius 1 is 1.19 bits per heavy atom.